The molecule has 2 aromatic rings. The van der Waals surface area contributed by atoms with Crippen LogP contribution in [0.4, 0.5) is 4.39 Å². The summed E-state index contributed by atoms with van der Waals surface area (Å²) in [6, 6.07) is 6.75. The van der Waals surface area contributed by atoms with Crippen molar-refractivity contribution in [2.45, 2.75) is 38.1 Å². The summed E-state index contributed by atoms with van der Waals surface area (Å²) < 4.78 is 19.5. The lowest BCUT2D eigenvalue weighted by Crippen LogP contribution is -2.39. The molecule has 6 nitrogen and oxygen atoms in total. The number of methoxy groups -OCH3 is 1. The van der Waals surface area contributed by atoms with Gasteiger partial charge in [0.2, 0.25) is 0 Å². The molecule has 1 saturated carbocycles. The molecular weight excluding hydrogens is 337 g/mol. The van der Waals surface area contributed by atoms with Crippen molar-refractivity contribution in [3.63, 3.8) is 0 Å². The minimum absolute atomic E-state index is 0.0736. The fourth-order valence-corrected chi connectivity index (χ4v) is 3.31. The standard InChI is InChI=1S/C19H22FN3O3/c1-22(14-6-4-3-5-7-14)19(25)18-16(26-2)12-17(24)23(21-18)15-10-8-13(20)9-11-15/h8-12,14H,3-7H2,1-2H3. The van der Waals surface area contributed by atoms with Crippen LogP contribution in [-0.4, -0.2) is 40.8 Å². The van der Waals surface area contributed by atoms with Crippen molar-refractivity contribution >= 4 is 5.91 Å². The maximum atomic E-state index is 13.2. The molecule has 7 heteroatoms. The molecule has 0 radical (unpaired) electrons. The van der Waals surface area contributed by atoms with E-state index in [4.69, 9.17) is 4.74 Å². The number of ether oxygens (including phenoxy) is 1. The summed E-state index contributed by atoms with van der Waals surface area (Å²) in [4.78, 5) is 27.0. The monoisotopic (exact) mass is 359 g/mol. The summed E-state index contributed by atoms with van der Waals surface area (Å²) in [5.41, 5.74) is 0.00301. The van der Waals surface area contributed by atoms with Gasteiger partial charge in [0.05, 0.1) is 18.9 Å². The highest BCUT2D eigenvalue weighted by atomic mass is 19.1. The van der Waals surface area contributed by atoms with E-state index in [0.717, 1.165) is 30.4 Å². The van der Waals surface area contributed by atoms with E-state index in [1.807, 2.05) is 0 Å². The van der Waals surface area contributed by atoms with Crippen molar-refractivity contribution in [2.75, 3.05) is 14.2 Å². The van der Waals surface area contributed by atoms with E-state index in [-0.39, 0.29) is 23.4 Å². The molecule has 1 aliphatic rings. The van der Waals surface area contributed by atoms with Gasteiger partial charge in [0.25, 0.3) is 11.5 Å². The zero-order chi connectivity index (χ0) is 18.7. The molecule has 0 N–H and O–H groups in total. The molecule has 0 unspecified atom stereocenters. The summed E-state index contributed by atoms with van der Waals surface area (Å²) in [7, 11) is 3.16. The molecule has 1 aliphatic carbocycles. The molecule has 3 rings (SSSR count). The number of carbonyl (C=O) groups is 1. The Bertz CT molecular complexity index is 842. The highest BCUT2D eigenvalue weighted by Crippen LogP contribution is 2.24. The Morgan fingerprint density at radius 3 is 2.50 bits per heavy atom. The molecule has 26 heavy (non-hydrogen) atoms. The first-order valence-corrected chi connectivity index (χ1v) is 8.72. The molecule has 1 heterocycles. The Balaban J connectivity index is 1.99. The SMILES string of the molecule is COc1cc(=O)n(-c2ccc(F)cc2)nc1C(=O)N(C)C1CCCCC1. The van der Waals surface area contributed by atoms with Gasteiger partial charge < -0.3 is 9.64 Å². The highest BCUT2D eigenvalue weighted by molar-refractivity contribution is 5.94. The van der Waals surface area contributed by atoms with Crippen LogP contribution in [0.3, 0.4) is 0 Å². The number of aromatic nitrogens is 2. The Kier molecular flexibility index (Phi) is 5.35. The van der Waals surface area contributed by atoms with Gasteiger partial charge in [-0.15, -0.1) is 0 Å². The topological polar surface area (TPSA) is 64.4 Å². The molecule has 0 atom stereocenters. The first kappa shape index (κ1) is 18.1. The van der Waals surface area contributed by atoms with Gasteiger partial charge in [-0.2, -0.15) is 9.78 Å². The number of hydrogen-bond acceptors (Lipinski definition) is 4. The number of hydrogen-bond donors (Lipinski definition) is 0. The summed E-state index contributed by atoms with van der Waals surface area (Å²) in [5.74, 6) is -0.561. The second-order valence-electron chi connectivity index (χ2n) is 6.50. The average Bonchev–Trinajstić information content (AvgIpc) is 2.68. The summed E-state index contributed by atoms with van der Waals surface area (Å²) in [5, 5.41) is 4.22. The van der Waals surface area contributed by atoms with Gasteiger partial charge in [-0.05, 0) is 37.1 Å². The quantitative estimate of drug-likeness (QED) is 0.842. The Hall–Kier alpha value is -2.70. The third-order valence-corrected chi connectivity index (χ3v) is 4.83. The van der Waals surface area contributed by atoms with Crippen LogP contribution in [0.25, 0.3) is 5.69 Å². The molecule has 0 bridgehead atoms. The molecule has 0 saturated heterocycles. The van der Waals surface area contributed by atoms with Crippen LogP contribution in [0.5, 0.6) is 5.75 Å². The minimum Gasteiger partial charge on any atom is -0.494 e. The normalized spacial score (nSPS) is 14.9. The average molecular weight is 359 g/mol. The predicted octanol–water partition coefficient (Wildman–Crippen LogP) is 2.78. The minimum atomic E-state index is -0.453. The van der Waals surface area contributed by atoms with Crippen LogP contribution in [0.2, 0.25) is 0 Å². The fraction of sp³-hybridized carbons (Fsp3) is 0.421. The summed E-state index contributed by atoms with van der Waals surface area (Å²) in [6.07, 6.45) is 5.31. The van der Waals surface area contributed by atoms with E-state index >= 15 is 0 Å². The van der Waals surface area contributed by atoms with Crippen LogP contribution in [0.15, 0.2) is 35.1 Å². The molecule has 1 aromatic heterocycles. The number of halogens is 1. The maximum Gasteiger partial charge on any atom is 0.278 e. The number of nitrogens with zero attached hydrogens (tertiary/aromatic N) is 3. The first-order valence-electron chi connectivity index (χ1n) is 8.72. The molecule has 138 valence electrons. The highest BCUT2D eigenvalue weighted by Gasteiger charge is 2.27. The lowest BCUT2D eigenvalue weighted by Gasteiger charge is -2.31. The van der Waals surface area contributed by atoms with E-state index < -0.39 is 11.4 Å². The lowest BCUT2D eigenvalue weighted by molar-refractivity contribution is 0.0684. The van der Waals surface area contributed by atoms with Gasteiger partial charge in [0.15, 0.2) is 11.4 Å². The molecule has 0 spiro atoms. The van der Waals surface area contributed by atoms with E-state index in [9.17, 15) is 14.0 Å². The van der Waals surface area contributed by atoms with E-state index in [1.165, 1.54) is 43.9 Å². The molecule has 1 fully saturated rings. The lowest BCUT2D eigenvalue weighted by atomic mass is 9.94. The van der Waals surface area contributed by atoms with Crippen LogP contribution >= 0.6 is 0 Å². The fourth-order valence-electron chi connectivity index (χ4n) is 3.31. The van der Waals surface area contributed by atoms with Crippen molar-refractivity contribution in [1.82, 2.24) is 14.7 Å². The number of amides is 1. The van der Waals surface area contributed by atoms with E-state index in [0.29, 0.717) is 5.69 Å². The predicted molar refractivity (Wildman–Crippen MR) is 95.3 cm³/mol. The first-order chi connectivity index (χ1) is 12.5. The number of carbonyl (C=O) groups excluding carboxylic acids is 1. The molecular formula is C19H22FN3O3. The Morgan fingerprint density at radius 2 is 1.88 bits per heavy atom. The van der Waals surface area contributed by atoms with Gasteiger partial charge in [-0.3, -0.25) is 9.59 Å². The molecule has 0 aliphatic heterocycles. The van der Waals surface area contributed by atoms with Crippen LogP contribution in [0.1, 0.15) is 42.6 Å². The van der Waals surface area contributed by atoms with Gasteiger partial charge >= 0.3 is 0 Å². The molecule has 1 aromatic carbocycles. The zero-order valence-corrected chi connectivity index (χ0v) is 14.9. The van der Waals surface area contributed by atoms with Crippen molar-refractivity contribution in [2.24, 2.45) is 0 Å². The Labute approximate surface area is 151 Å². The van der Waals surface area contributed by atoms with Crippen molar-refractivity contribution in [3.8, 4) is 11.4 Å². The largest absolute Gasteiger partial charge is 0.494 e. The van der Waals surface area contributed by atoms with E-state index in [2.05, 4.69) is 5.10 Å². The maximum absolute atomic E-state index is 13.2. The second-order valence-corrected chi connectivity index (χ2v) is 6.50. The van der Waals surface area contributed by atoms with Crippen molar-refractivity contribution in [3.05, 3.63) is 52.2 Å². The van der Waals surface area contributed by atoms with E-state index in [1.54, 1.807) is 11.9 Å². The van der Waals surface area contributed by atoms with Crippen LogP contribution in [0, 0.1) is 5.82 Å². The van der Waals surface area contributed by atoms with Crippen LogP contribution < -0.4 is 10.3 Å². The summed E-state index contributed by atoms with van der Waals surface area (Å²) in [6.45, 7) is 0. The van der Waals surface area contributed by atoms with Crippen molar-refractivity contribution < 1.29 is 13.9 Å². The zero-order valence-electron chi connectivity index (χ0n) is 14.9. The van der Waals surface area contributed by atoms with Crippen molar-refractivity contribution in [1.29, 1.82) is 0 Å². The van der Waals surface area contributed by atoms with Gasteiger partial charge in [0, 0.05) is 13.1 Å². The summed E-state index contributed by atoms with van der Waals surface area (Å²) >= 11 is 0. The van der Waals surface area contributed by atoms with Gasteiger partial charge in [-0.25, -0.2) is 4.39 Å². The van der Waals surface area contributed by atoms with Gasteiger partial charge in [0.1, 0.15) is 5.82 Å². The Morgan fingerprint density at radius 1 is 1.23 bits per heavy atom. The number of rotatable bonds is 4. The number of benzene rings is 1. The second kappa shape index (κ2) is 7.68. The smallest absolute Gasteiger partial charge is 0.278 e. The third-order valence-electron chi connectivity index (χ3n) is 4.83. The van der Waals surface area contributed by atoms with Crippen LogP contribution in [-0.2, 0) is 0 Å². The van der Waals surface area contributed by atoms with Gasteiger partial charge in [-0.1, -0.05) is 19.3 Å². The third kappa shape index (κ3) is 3.61. The molecule has 1 amide bonds.